The van der Waals surface area contributed by atoms with Gasteiger partial charge in [0.05, 0.1) is 31.9 Å². The molecule has 0 radical (unpaired) electrons. The number of benzene rings is 2. The number of methoxy groups -OCH3 is 2. The number of nitrogens with one attached hydrogen (secondary N) is 1. The summed E-state index contributed by atoms with van der Waals surface area (Å²) in [4.78, 5) is 27.1. The molecule has 1 fully saturated rings. The maximum absolute atomic E-state index is 12.9. The Balaban J connectivity index is 1.48. The van der Waals surface area contributed by atoms with Gasteiger partial charge in [0.25, 0.3) is 0 Å². The molecule has 8 heteroatoms. The Morgan fingerprint density at radius 3 is 2.71 bits per heavy atom. The van der Waals surface area contributed by atoms with Crippen LogP contribution in [0.5, 0.6) is 11.5 Å². The number of amides is 2. The number of nitrogens with zero attached hydrogens (tertiary/aromatic N) is 1. The number of furan rings is 1. The van der Waals surface area contributed by atoms with Crippen LogP contribution in [0.15, 0.2) is 46.9 Å². The molecule has 0 aliphatic carbocycles. The predicted molar refractivity (Wildman–Crippen MR) is 118 cm³/mol. The maximum atomic E-state index is 12.9. The highest BCUT2D eigenvalue weighted by Gasteiger charge is 2.37. The summed E-state index contributed by atoms with van der Waals surface area (Å²) in [6, 6.07) is 12.2. The minimum Gasteiger partial charge on any atom is -0.495 e. The Hall–Kier alpha value is -3.19. The number of halogens is 1. The van der Waals surface area contributed by atoms with Gasteiger partial charge in [0.2, 0.25) is 11.8 Å². The molecule has 162 valence electrons. The van der Waals surface area contributed by atoms with Gasteiger partial charge in [-0.1, -0.05) is 23.7 Å². The fourth-order valence-electron chi connectivity index (χ4n) is 3.82. The number of fused-ring (bicyclic) bond motifs is 1. The summed E-state index contributed by atoms with van der Waals surface area (Å²) >= 11 is 6.10. The highest BCUT2D eigenvalue weighted by atomic mass is 35.5. The van der Waals surface area contributed by atoms with Crippen molar-refractivity contribution in [3.05, 3.63) is 53.2 Å². The monoisotopic (exact) mass is 442 g/mol. The summed E-state index contributed by atoms with van der Waals surface area (Å²) in [7, 11) is 3.11. The Bertz CT molecular complexity index is 1140. The van der Waals surface area contributed by atoms with Gasteiger partial charge >= 0.3 is 0 Å². The first kappa shape index (κ1) is 21.1. The molecule has 1 aliphatic rings. The molecule has 2 atom stereocenters. The molecule has 1 aliphatic heterocycles. The molecule has 4 rings (SSSR count). The number of para-hydroxylation sites is 1. The summed E-state index contributed by atoms with van der Waals surface area (Å²) in [5.41, 5.74) is 1.20. The Kier molecular flexibility index (Phi) is 5.78. The van der Waals surface area contributed by atoms with Gasteiger partial charge in [-0.15, -0.1) is 0 Å². The van der Waals surface area contributed by atoms with Crippen molar-refractivity contribution in [1.82, 2.24) is 5.32 Å². The van der Waals surface area contributed by atoms with Crippen LogP contribution < -0.4 is 19.7 Å². The first-order valence-corrected chi connectivity index (χ1v) is 10.3. The number of rotatable bonds is 6. The molecule has 2 aromatic carbocycles. The van der Waals surface area contributed by atoms with Crippen LogP contribution in [0.3, 0.4) is 0 Å². The number of hydrogen-bond donors (Lipinski definition) is 1. The van der Waals surface area contributed by atoms with Gasteiger partial charge in [-0.3, -0.25) is 9.59 Å². The van der Waals surface area contributed by atoms with E-state index in [1.807, 2.05) is 31.2 Å². The molecular formula is C23H23ClN2O5. The molecule has 0 bridgehead atoms. The van der Waals surface area contributed by atoms with Crippen molar-refractivity contribution in [2.75, 3.05) is 25.7 Å². The second-order valence-electron chi connectivity index (χ2n) is 7.48. The molecule has 2 unspecified atom stereocenters. The largest absolute Gasteiger partial charge is 0.495 e. The number of anilines is 1. The van der Waals surface area contributed by atoms with E-state index in [9.17, 15) is 9.59 Å². The lowest BCUT2D eigenvalue weighted by Crippen LogP contribution is -2.34. The molecular weight excluding hydrogens is 420 g/mol. The smallest absolute Gasteiger partial charge is 0.227 e. The molecule has 0 saturated carbocycles. The number of carbonyl (C=O) groups is 2. The lowest BCUT2D eigenvalue weighted by Gasteiger charge is -2.20. The number of ether oxygens (including phenoxy) is 2. The van der Waals surface area contributed by atoms with E-state index in [-0.39, 0.29) is 30.8 Å². The summed E-state index contributed by atoms with van der Waals surface area (Å²) in [5.74, 6) is 0.930. The number of hydrogen-bond acceptors (Lipinski definition) is 5. The van der Waals surface area contributed by atoms with Gasteiger partial charge < -0.3 is 24.1 Å². The first-order valence-electron chi connectivity index (χ1n) is 9.92. The minimum absolute atomic E-state index is 0.113. The lowest BCUT2D eigenvalue weighted by atomic mass is 10.1. The molecule has 0 spiro atoms. The van der Waals surface area contributed by atoms with Gasteiger partial charge in [-0.05, 0) is 37.3 Å². The van der Waals surface area contributed by atoms with Crippen molar-refractivity contribution >= 4 is 40.1 Å². The fourth-order valence-corrected chi connectivity index (χ4v) is 3.99. The van der Waals surface area contributed by atoms with E-state index in [1.165, 1.54) is 7.11 Å². The van der Waals surface area contributed by atoms with Crippen LogP contribution in [0.2, 0.25) is 5.02 Å². The Morgan fingerprint density at radius 1 is 1.19 bits per heavy atom. The van der Waals surface area contributed by atoms with E-state index >= 15 is 0 Å². The normalized spacial score (nSPS) is 17.1. The second-order valence-corrected chi connectivity index (χ2v) is 7.92. The van der Waals surface area contributed by atoms with Crippen LogP contribution in [0.1, 0.15) is 25.1 Å². The fraction of sp³-hybridized carbons (Fsp3) is 0.304. The molecule has 3 aromatic rings. The van der Waals surface area contributed by atoms with Crippen molar-refractivity contribution in [1.29, 1.82) is 0 Å². The van der Waals surface area contributed by atoms with Crippen molar-refractivity contribution in [2.45, 2.75) is 19.4 Å². The zero-order valence-corrected chi connectivity index (χ0v) is 18.2. The highest BCUT2D eigenvalue weighted by Crippen LogP contribution is 2.36. The van der Waals surface area contributed by atoms with Gasteiger partial charge in [0, 0.05) is 23.4 Å². The topological polar surface area (TPSA) is 81.0 Å². The van der Waals surface area contributed by atoms with Gasteiger partial charge in [0.15, 0.2) is 11.3 Å². The molecule has 1 aromatic heterocycles. The molecule has 7 nitrogen and oxygen atoms in total. The number of carbonyl (C=O) groups excluding carboxylic acids is 2. The summed E-state index contributed by atoms with van der Waals surface area (Å²) in [6.45, 7) is 2.10. The van der Waals surface area contributed by atoms with Gasteiger partial charge in [-0.25, -0.2) is 0 Å². The minimum atomic E-state index is -0.488. The van der Waals surface area contributed by atoms with Crippen molar-refractivity contribution < 1.29 is 23.5 Å². The van der Waals surface area contributed by atoms with E-state index in [4.69, 9.17) is 25.5 Å². The van der Waals surface area contributed by atoms with Gasteiger partial charge in [-0.2, -0.15) is 0 Å². The van der Waals surface area contributed by atoms with Gasteiger partial charge in [0.1, 0.15) is 11.5 Å². The molecule has 1 N–H and O–H groups in total. The quantitative estimate of drug-likeness (QED) is 0.614. The van der Waals surface area contributed by atoms with Crippen LogP contribution in [0.25, 0.3) is 11.0 Å². The van der Waals surface area contributed by atoms with E-state index in [1.54, 1.807) is 30.2 Å². The molecule has 1 saturated heterocycles. The summed E-state index contributed by atoms with van der Waals surface area (Å²) < 4.78 is 16.6. The summed E-state index contributed by atoms with van der Waals surface area (Å²) in [6.07, 6.45) is 0.113. The van der Waals surface area contributed by atoms with Crippen molar-refractivity contribution in [3.8, 4) is 11.5 Å². The second kappa shape index (κ2) is 8.51. The Labute approximate surface area is 184 Å². The van der Waals surface area contributed by atoms with E-state index in [2.05, 4.69) is 5.32 Å². The third kappa shape index (κ3) is 4.05. The van der Waals surface area contributed by atoms with Crippen LogP contribution >= 0.6 is 11.6 Å². The highest BCUT2D eigenvalue weighted by molar-refractivity contribution is 6.31. The van der Waals surface area contributed by atoms with E-state index in [0.29, 0.717) is 33.6 Å². The molecule has 2 heterocycles. The lowest BCUT2D eigenvalue weighted by molar-refractivity contribution is -0.127. The SMILES string of the molecule is COc1ccc(Cl)cc1N1CC(C(=O)NC(C)c2cc3cccc(OC)c3o2)CC1=O. The van der Waals surface area contributed by atoms with Crippen LogP contribution in [0, 0.1) is 5.92 Å². The Morgan fingerprint density at radius 2 is 1.97 bits per heavy atom. The average Bonchev–Trinajstić information content (AvgIpc) is 3.37. The molecule has 31 heavy (non-hydrogen) atoms. The zero-order chi connectivity index (χ0) is 22.1. The van der Waals surface area contributed by atoms with Crippen LogP contribution in [-0.2, 0) is 9.59 Å². The van der Waals surface area contributed by atoms with E-state index < -0.39 is 5.92 Å². The van der Waals surface area contributed by atoms with Crippen molar-refractivity contribution in [2.24, 2.45) is 5.92 Å². The van der Waals surface area contributed by atoms with Crippen LogP contribution in [0.4, 0.5) is 5.69 Å². The zero-order valence-electron chi connectivity index (χ0n) is 17.5. The third-order valence-corrected chi connectivity index (χ3v) is 5.70. The molecule has 2 amide bonds. The third-order valence-electron chi connectivity index (χ3n) is 5.46. The predicted octanol–water partition coefficient (Wildman–Crippen LogP) is 4.33. The van der Waals surface area contributed by atoms with E-state index in [0.717, 1.165) is 5.39 Å². The maximum Gasteiger partial charge on any atom is 0.227 e. The first-order chi connectivity index (χ1) is 14.9. The average molecular weight is 443 g/mol. The standard InChI is InChI=1S/C23H23ClN2O5/c1-13(20-9-14-5-4-6-19(30-3)22(14)31-20)25-23(28)15-10-21(27)26(12-15)17-11-16(24)7-8-18(17)29-2/h4-9,11,13,15H,10,12H2,1-3H3,(H,25,28). The van der Waals surface area contributed by atoms with Crippen LogP contribution in [-0.4, -0.2) is 32.6 Å². The van der Waals surface area contributed by atoms with Crippen molar-refractivity contribution in [3.63, 3.8) is 0 Å². The summed E-state index contributed by atoms with van der Waals surface area (Å²) in [5, 5.41) is 4.34.